The van der Waals surface area contributed by atoms with Gasteiger partial charge in [-0.15, -0.1) is 0 Å². The van der Waals surface area contributed by atoms with E-state index in [0.717, 1.165) is 31.9 Å². The summed E-state index contributed by atoms with van der Waals surface area (Å²) < 4.78 is 0. The highest BCUT2D eigenvalue weighted by molar-refractivity contribution is 5.85. The van der Waals surface area contributed by atoms with Gasteiger partial charge in [0.15, 0.2) is 0 Å². The van der Waals surface area contributed by atoms with Gasteiger partial charge in [0.2, 0.25) is 5.96 Å². The van der Waals surface area contributed by atoms with Crippen LogP contribution in [-0.2, 0) is 12.8 Å². The average molecular weight is 245 g/mol. The van der Waals surface area contributed by atoms with Gasteiger partial charge in [-0.25, -0.2) is 4.99 Å². The number of para-hydroxylation sites is 1. The van der Waals surface area contributed by atoms with Gasteiger partial charge in [-0.1, -0.05) is 32.0 Å². The van der Waals surface area contributed by atoms with Crippen LogP contribution in [0, 0.1) is 0 Å². The number of guanidine groups is 1. The fraction of sp³-hybridized carbons (Fsp3) is 0.533. The molecule has 3 heteroatoms. The molecule has 18 heavy (non-hydrogen) atoms. The van der Waals surface area contributed by atoms with Crippen molar-refractivity contribution in [1.29, 1.82) is 0 Å². The smallest absolute Gasteiger partial charge is 0.201 e. The molecular weight excluding hydrogens is 222 g/mol. The summed E-state index contributed by atoms with van der Waals surface area (Å²) in [4.78, 5) is 9.39. The molecule has 0 N–H and O–H groups in total. The highest BCUT2D eigenvalue weighted by atomic mass is 15.4. The monoisotopic (exact) mass is 245 g/mol. The predicted molar refractivity (Wildman–Crippen MR) is 77.6 cm³/mol. The van der Waals surface area contributed by atoms with Gasteiger partial charge >= 0.3 is 0 Å². The lowest BCUT2D eigenvalue weighted by atomic mass is 10.0. The molecule has 1 fully saturated rings. The minimum atomic E-state index is 1.04. The zero-order chi connectivity index (χ0) is 13.1. The molecule has 0 bridgehead atoms. The van der Waals surface area contributed by atoms with Crippen molar-refractivity contribution in [2.45, 2.75) is 26.7 Å². The second kappa shape index (κ2) is 5.42. The van der Waals surface area contributed by atoms with E-state index in [2.05, 4.69) is 55.9 Å². The fourth-order valence-electron chi connectivity index (χ4n) is 2.42. The summed E-state index contributed by atoms with van der Waals surface area (Å²) in [6.45, 7) is 6.51. The number of benzene rings is 1. The summed E-state index contributed by atoms with van der Waals surface area (Å²) in [6, 6.07) is 6.52. The first kappa shape index (κ1) is 12.9. The molecule has 0 radical (unpaired) electrons. The standard InChI is InChI=1S/C15H23N3/c1-5-12-8-7-9-13(6-2)14(12)16-15-17(3)10-11-18(15)4/h7-9H,5-6,10-11H2,1-4H3. The number of rotatable bonds is 3. The van der Waals surface area contributed by atoms with Crippen molar-refractivity contribution in [3.8, 4) is 0 Å². The largest absolute Gasteiger partial charge is 0.344 e. The average Bonchev–Trinajstić information content (AvgIpc) is 2.70. The maximum Gasteiger partial charge on any atom is 0.201 e. The number of aryl methyl sites for hydroxylation is 2. The molecule has 1 aromatic rings. The van der Waals surface area contributed by atoms with Crippen LogP contribution in [0.25, 0.3) is 0 Å². The Balaban J connectivity index is 2.47. The molecule has 0 amide bonds. The normalized spacial score (nSPS) is 15.4. The number of aliphatic imine (C=N–C) groups is 1. The van der Waals surface area contributed by atoms with Crippen molar-refractivity contribution in [3.05, 3.63) is 29.3 Å². The van der Waals surface area contributed by atoms with Gasteiger partial charge in [-0.2, -0.15) is 0 Å². The molecule has 1 aliphatic heterocycles. The highest BCUT2D eigenvalue weighted by Gasteiger charge is 2.20. The lowest BCUT2D eigenvalue weighted by Gasteiger charge is -2.17. The molecule has 1 heterocycles. The van der Waals surface area contributed by atoms with Crippen molar-refractivity contribution in [2.24, 2.45) is 4.99 Å². The fourth-order valence-corrected chi connectivity index (χ4v) is 2.42. The van der Waals surface area contributed by atoms with Crippen molar-refractivity contribution in [1.82, 2.24) is 9.80 Å². The van der Waals surface area contributed by atoms with E-state index in [1.165, 1.54) is 16.8 Å². The van der Waals surface area contributed by atoms with Gasteiger partial charge in [0.25, 0.3) is 0 Å². The SMILES string of the molecule is CCc1cccc(CC)c1N=C1N(C)CCN1C. The van der Waals surface area contributed by atoms with Gasteiger partial charge < -0.3 is 9.80 Å². The van der Waals surface area contributed by atoms with Gasteiger partial charge in [0.1, 0.15) is 0 Å². The molecule has 1 aliphatic rings. The third kappa shape index (κ3) is 2.35. The Kier molecular flexibility index (Phi) is 3.90. The van der Waals surface area contributed by atoms with Gasteiger partial charge in [-0.05, 0) is 24.0 Å². The summed E-state index contributed by atoms with van der Waals surface area (Å²) in [7, 11) is 4.23. The van der Waals surface area contributed by atoms with Crippen LogP contribution in [0.15, 0.2) is 23.2 Å². The Hall–Kier alpha value is -1.51. The topological polar surface area (TPSA) is 18.8 Å². The quantitative estimate of drug-likeness (QED) is 0.815. The van der Waals surface area contributed by atoms with Crippen LogP contribution in [0.4, 0.5) is 5.69 Å². The van der Waals surface area contributed by atoms with Crippen molar-refractivity contribution >= 4 is 11.6 Å². The minimum absolute atomic E-state index is 1.04. The van der Waals surface area contributed by atoms with Gasteiger partial charge in [0.05, 0.1) is 5.69 Å². The maximum absolute atomic E-state index is 4.93. The predicted octanol–water partition coefficient (Wildman–Crippen LogP) is 2.68. The first-order valence-corrected chi connectivity index (χ1v) is 6.79. The van der Waals surface area contributed by atoms with E-state index in [0.29, 0.717) is 0 Å². The van der Waals surface area contributed by atoms with E-state index in [9.17, 15) is 0 Å². The van der Waals surface area contributed by atoms with E-state index in [-0.39, 0.29) is 0 Å². The summed E-state index contributed by atoms with van der Waals surface area (Å²) in [5, 5.41) is 0. The zero-order valence-electron chi connectivity index (χ0n) is 11.9. The van der Waals surface area contributed by atoms with Crippen molar-refractivity contribution in [3.63, 3.8) is 0 Å². The summed E-state index contributed by atoms with van der Waals surface area (Å²) in [5.41, 5.74) is 3.87. The van der Waals surface area contributed by atoms with Crippen LogP contribution < -0.4 is 0 Å². The van der Waals surface area contributed by atoms with E-state index in [1.807, 2.05) is 0 Å². The third-order valence-corrected chi connectivity index (χ3v) is 3.63. The summed E-state index contributed by atoms with van der Waals surface area (Å²) in [6.07, 6.45) is 2.07. The molecule has 0 atom stereocenters. The number of likely N-dealkylation sites (N-methyl/N-ethyl adjacent to an activating group) is 2. The molecule has 2 rings (SSSR count). The molecule has 1 aromatic carbocycles. The van der Waals surface area contributed by atoms with E-state index in [4.69, 9.17) is 4.99 Å². The molecule has 0 aromatic heterocycles. The summed E-state index contributed by atoms with van der Waals surface area (Å²) in [5.74, 6) is 1.09. The minimum Gasteiger partial charge on any atom is -0.344 e. The Morgan fingerprint density at radius 2 is 1.50 bits per heavy atom. The Bertz CT molecular complexity index is 417. The van der Waals surface area contributed by atoms with Gasteiger partial charge in [0, 0.05) is 27.2 Å². The van der Waals surface area contributed by atoms with Crippen LogP contribution in [0.2, 0.25) is 0 Å². The lowest BCUT2D eigenvalue weighted by Crippen LogP contribution is -2.28. The number of hydrogen-bond donors (Lipinski definition) is 0. The Labute approximate surface area is 110 Å². The van der Waals surface area contributed by atoms with Crippen LogP contribution in [-0.4, -0.2) is 42.9 Å². The highest BCUT2D eigenvalue weighted by Crippen LogP contribution is 2.27. The second-order valence-electron chi connectivity index (χ2n) is 4.89. The van der Waals surface area contributed by atoms with E-state index >= 15 is 0 Å². The molecule has 1 saturated heterocycles. The number of nitrogens with zero attached hydrogens (tertiary/aromatic N) is 3. The second-order valence-corrected chi connectivity index (χ2v) is 4.89. The van der Waals surface area contributed by atoms with Crippen LogP contribution in [0.5, 0.6) is 0 Å². The lowest BCUT2D eigenvalue weighted by molar-refractivity contribution is 0.553. The Morgan fingerprint density at radius 3 is 1.94 bits per heavy atom. The number of hydrogen-bond acceptors (Lipinski definition) is 1. The van der Waals surface area contributed by atoms with E-state index < -0.39 is 0 Å². The molecule has 0 unspecified atom stereocenters. The zero-order valence-corrected chi connectivity index (χ0v) is 11.9. The molecule has 3 nitrogen and oxygen atoms in total. The first-order chi connectivity index (χ1) is 8.67. The first-order valence-electron chi connectivity index (χ1n) is 6.79. The van der Waals surface area contributed by atoms with E-state index in [1.54, 1.807) is 0 Å². The maximum atomic E-state index is 4.93. The van der Waals surface area contributed by atoms with Crippen LogP contribution >= 0.6 is 0 Å². The molecule has 0 spiro atoms. The van der Waals surface area contributed by atoms with Crippen molar-refractivity contribution in [2.75, 3.05) is 27.2 Å². The molecular formula is C15H23N3. The van der Waals surface area contributed by atoms with Crippen molar-refractivity contribution < 1.29 is 0 Å². The molecule has 0 aliphatic carbocycles. The third-order valence-electron chi connectivity index (χ3n) is 3.63. The molecule has 98 valence electrons. The molecule has 0 saturated carbocycles. The summed E-state index contributed by atoms with van der Waals surface area (Å²) >= 11 is 0. The Morgan fingerprint density at radius 1 is 1.00 bits per heavy atom. The van der Waals surface area contributed by atoms with Gasteiger partial charge in [-0.3, -0.25) is 0 Å². The van der Waals surface area contributed by atoms with Crippen LogP contribution in [0.1, 0.15) is 25.0 Å². The van der Waals surface area contributed by atoms with Crippen LogP contribution in [0.3, 0.4) is 0 Å².